The van der Waals surface area contributed by atoms with Crippen LogP contribution in [0, 0.1) is 0 Å². The van der Waals surface area contributed by atoms with Crippen molar-refractivity contribution < 1.29 is 18.3 Å². The molecule has 0 radical (unpaired) electrons. The second kappa shape index (κ2) is 6.45. The number of carbonyl (C=O) groups is 1. The summed E-state index contributed by atoms with van der Waals surface area (Å²) in [5.74, 6) is -0.376. The van der Waals surface area contributed by atoms with E-state index in [9.17, 15) is 18.4 Å². The van der Waals surface area contributed by atoms with E-state index in [2.05, 4.69) is 15.9 Å². The standard InChI is InChI=1S/C12H13BrF2N2O3/c13-8-1-2-10(18)17(5-8)7-11(19)16-3-4-20-9(6-16)12(14)15/h1-2,5,9,12H,3-4,6-7H2. The number of alkyl halides is 2. The second-order valence-electron chi connectivity index (χ2n) is 4.40. The van der Waals surface area contributed by atoms with Crippen LogP contribution in [0.5, 0.6) is 0 Å². The van der Waals surface area contributed by atoms with Crippen LogP contribution in [-0.2, 0) is 16.1 Å². The van der Waals surface area contributed by atoms with Gasteiger partial charge in [-0.25, -0.2) is 8.78 Å². The van der Waals surface area contributed by atoms with Gasteiger partial charge in [0.2, 0.25) is 5.91 Å². The molecule has 110 valence electrons. The Morgan fingerprint density at radius 3 is 2.95 bits per heavy atom. The number of amides is 1. The predicted octanol–water partition coefficient (Wildman–Crippen LogP) is 1.10. The molecule has 2 rings (SSSR count). The summed E-state index contributed by atoms with van der Waals surface area (Å²) in [6.45, 7) is 0.00637. The quantitative estimate of drug-likeness (QED) is 0.820. The molecular formula is C12H13BrF2N2O3. The summed E-state index contributed by atoms with van der Waals surface area (Å²) in [6.07, 6.45) is -2.39. The molecule has 0 aliphatic carbocycles. The number of aromatic nitrogens is 1. The lowest BCUT2D eigenvalue weighted by molar-refractivity contribution is -0.147. The lowest BCUT2D eigenvalue weighted by atomic mass is 10.2. The smallest absolute Gasteiger partial charge is 0.266 e. The van der Waals surface area contributed by atoms with Crippen LogP contribution in [0.4, 0.5) is 8.78 Å². The topological polar surface area (TPSA) is 51.5 Å². The largest absolute Gasteiger partial charge is 0.369 e. The molecule has 1 amide bonds. The van der Waals surface area contributed by atoms with Crippen molar-refractivity contribution in [2.24, 2.45) is 0 Å². The molecule has 1 unspecified atom stereocenters. The van der Waals surface area contributed by atoms with Crippen LogP contribution in [0.3, 0.4) is 0 Å². The van der Waals surface area contributed by atoms with Crippen molar-refractivity contribution in [3.05, 3.63) is 33.2 Å². The Morgan fingerprint density at radius 1 is 1.50 bits per heavy atom. The van der Waals surface area contributed by atoms with Gasteiger partial charge in [0.05, 0.1) is 13.2 Å². The minimum atomic E-state index is -2.63. The van der Waals surface area contributed by atoms with Crippen molar-refractivity contribution in [2.75, 3.05) is 19.7 Å². The van der Waals surface area contributed by atoms with Crippen LogP contribution in [0.1, 0.15) is 0 Å². The summed E-state index contributed by atoms with van der Waals surface area (Å²) in [7, 11) is 0. The molecule has 0 spiro atoms. The zero-order chi connectivity index (χ0) is 14.7. The maximum Gasteiger partial charge on any atom is 0.266 e. The zero-order valence-electron chi connectivity index (χ0n) is 10.5. The van der Waals surface area contributed by atoms with E-state index >= 15 is 0 Å². The molecule has 0 aromatic carbocycles. The normalized spacial score (nSPS) is 19.4. The molecule has 1 aliphatic rings. The van der Waals surface area contributed by atoms with Crippen LogP contribution in [0.15, 0.2) is 27.6 Å². The van der Waals surface area contributed by atoms with Gasteiger partial charge in [-0.1, -0.05) is 0 Å². The number of ether oxygens (including phenoxy) is 1. The van der Waals surface area contributed by atoms with Crippen molar-refractivity contribution in [1.29, 1.82) is 0 Å². The Labute approximate surface area is 122 Å². The summed E-state index contributed by atoms with van der Waals surface area (Å²) in [4.78, 5) is 24.9. The van der Waals surface area contributed by atoms with E-state index in [-0.39, 0.29) is 37.7 Å². The van der Waals surface area contributed by atoms with Gasteiger partial charge in [-0.2, -0.15) is 0 Å². The van der Waals surface area contributed by atoms with E-state index in [1.165, 1.54) is 21.7 Å². The Bertz CT molecular complexity index is 550. The highest BCUT2D eigenvalue weighted by Gasteiger charge is 2.30. The molecule has 20 heavy (non-hydrogen) atoms. The average molecular weight is 351 g/mol. The number of carbonyl (C=O) groups excluding carboxylic acids is 1. The molecule has 1 aliphatic heterocycles. The van der Waals surface area contributed by atoms with Crippen LogP contribution < -0.4 is 5.56 Å². The van der Waals surface area contributed by atoms with Crippen LogP contribution in [-0.4, -0.2) is 47.6 Å². The number of pyridine rings is 1. The Morgan fingerprint density at radius 2 is 2.25 bits per heavy atom. The van der Waals surface area contributed by atoms with Crippen LogP contribution >= 0.6 is 15.9 Å². The number of hydrogen-bond donors (Lipinski definition) is 0. The lowest BCUT2D eigenvalue weighted by Crippen LogP contribution is -2.49. The summed E-state index contributed by atoms with van der Waals surface area (Å²) >= 11 is 3.21. The molecule has 1 saturated heterocycles. The van der Waals surface area contributed by atoms with E-state index in [1.807, 2.05) is 0 Å². The number of rotatable bonds is 3. The molecule has 0 N–H and O–H groups in total. The van der Waals surface area contributed by atoms with Crippen molar-refractivity contribution in [1.82, 2.24) is 9.47 Å². The Kier molecular flexibility index (Phi) is 4.87. The fraction of sp³-hybridized carbons (Fsp3) is 0.500. The van der Waals surface area contributed by atoms with Crippen molar-refractivity contribution in [3.63, 3.8) is 0 Å². The summed E-state index contributed by atoms with van der Waals surface area (Å²) in [5.41, 5.74) is -0.319. The first-order valence-corrected chi connectivity index (χ1v) is 6.80. The number of hydrogen-bond acceptors (Lipinski definition) is 3. The van der Waals surface area contributed by atoms with Gasteiger partial charge in [0.25, 0.3) is 12.0 Å². The van der Waals surface area contributed by atoms with Crippen molar-refractivity contribution >= 4 is 21.8 Å². The monoisotopic (exact) mass is 350 g/mol. The van der Waals surface area contributed by atoms with Gasteiger partial charge in [-0.15, -0.1) is 0 Å². The summed E-state index contributed by atoms with van der Waals surface area (Å²) in [6, 6.07) is 2.91. The third kappa shape index (κ3) is 3.63. The highest BCUT2D eigenvalue weighted by atomic mass is 79.9. The van der Waals surface area contributed by atoms with Gasteiger partial charge in [-0.05, 0) is 22.0 Å². The Hall–Kier alpha value is -1.28. The number of nitrogens with zero attached hydrogens (tertiary/aromatic N) is 2. The van der Waals surface area contributed by atoms with E-state index in [0.29, 0.717) is 4.47 Å². The van der Waals surface area contributed by atoms with E-state index in [1.54, 1.807) is 6.07 Å². The van der Waals surface area contributed by atoms with E-state index in [0.717, 1.165) is 0 Å². The molecule has 1 atom stereocenters. The first kappa shape index (κ1) is 15.1. The minimum absolute atomic E-state index is 0.0775. The molecule has 1 fully saturated rings. The average Bonchev–Trinajstić information content (AvgIpc) is 2.43. The summed E-state index contributed by atoms with van der Waals surface area (Å²) < 4.78 is 31.9. The first-order chi connectivity index (χ1) is 9.47. The SMILES string of the molecule is O=C(Cn1cc(Br)ccc1=O)N1CCOC(C(F)F)C1. The highest BCUT2D eigenvalue weighted by molar-refractivity contribution is 9.10. The third-order valence-corrected chi connectivity index (χ3v) is 3.45. The van der Waals surface area contributed by atoms with Gasteiger partial charge in [0.15, 0.2) is 0 Å². The van der Waals surface area contributed by atoms with Gasteiger partial charge in [0, 0.05) is 23.3 Å². The molecular weight excluding hydrogens is 338 g/mol. The predicted molar refractivity (Wildman–Crippen MR) is 70.7 cm³/mol. The maximum atomic E-state index is 12.6. The third-order valence-electron chi connectivity index (χ3n) is 2.98. The van der Waals surface area contributed by atoms with Crippen molar-refractivity contribution in [2.45, 2.75) is 19.1 Å². The molecule has 2 heterocycles. The fourth-order valence-corrected chi connectivity index (χ4v) is 2.31. The van der Waals surface area contributed by atoms with E-state index < -0.39 is 12.5 Å². The zero-order valence-corrected chi connectivity index (χ0v) is 12.1. The van der Waals surface area contributed by atoms with Gasteiger partial charge < -0.3 is 14.2 Å². The van der Waals surface area contributed by atoms with Gasteiger partial charge >= 0.3 is 0 Å². The molecule has 1 aromatic rings. The lowest BCUT2D eigenvalue weighted by Gasteiger charge is -2.32. The molecule has 5 nitrogen and oxygen atoms in total. The van der Waals surface area contributed by atoms with Gasteiger partial charge in [0.1, 0.15) is 12.6 Å². The van der Waals surface area contributed by atoms with Crippen molar-refractivity contribution in [3.8, 4) is 0 Å². The number of halogens is 3. The molecule has 0 saturated carbocycles. The Balaban J connectivity index is 2.04. The van der Waals surface area contributed by atoms with Gasteiger partial charge in [-0.3, -0.25) is 9.59 Å². The maximum absolute atomic E-state index is 12.6. The molecule has 1 aromatic heterocycles. The van der Waals surface area contributed by atoms with E-state index in [4.69, 9.17) is 4.74 Å². The second-order valence-corrected chi connectivity index (χ2v) is 5.31. The molecule has 8 heteroatoms. The summed E-state index contributed by atoms with van der Waals surface area (Å²) in [5, 5.41) is 0. The van der Waals surface area contributed by atoms with Crippen LogP contribution in [0.25, 0.3) is 0 Å². The highest BCUT2D eigenvalue weighted by Crippen LogP contribution is 2.13. The fourth-order valence-electron chi connectivity index (χ4n) is 1.93. The number of morpholine rings is 1. The van der Waals surface area contributed by atoms with Crippen LogP contribution in [0.2, 0.25) is 0 Å². The minimum Gasteiger partial charge on any atom is -0.369 e. The molecule has 0 bridgehead atoms. The first-order valence-electron chi connectivity index (χ1n) is 6.01.